The molecule has 0 radical (unpaired) electrons. The van der Waals surface area contributed by atoms with E-state index in [1.54, 1.807) is 0 Å². The van der Waals surface area contributed by atoms with E-state index in [2.05, 4.69) is 20.3 Å². The van der Waals surface area contributed by atoms with Crippen molar-refractivity contribution < 1.29 is 55.6 Å². The van der Waals surface area contributed by atoms with Crippen LogP contribution in [0, 0.1) is 0 Å². The van der Waals surface area contributed by atoms with Gasteiger partial charge in [-0.3, -0.25) is 13.9 Å². The lowest BCUT2D eigenvalue weighted by atomic mass is 10.1. The van der Waals surface area contributed by atoms with Gasteiger partial charge in [-0.1, -0.05) is 0 Å². The van der Waals surface area contributed by atoms with Crippen molar-refractivity contribution >= 4 is 60.0 Å². The van der Waals surface area contributed by atoms with Gasteiger partial charge in [-0.2, -0.15) is 8.42 Å². The number of carboxylic acid groups (broad SMARTS) is 1. The first-order valence-corrected chi connectivity index (χ1v) is 17.7. The highest BCUT2D eigenvalue weighted by atomic mass is 32.2. The number of nitrogen functional groups attached to an aromatic ring is 1. The molecule has 0 aromatic carbocycles. The molecule has 0 spiro atoms. The summed E-state index contributed by atoms with van der Waals surface area (Å²) in [6.45, 7) is -0.289. The van der Waals surface area contributed by atoms with Gasteiger partial charge in [0.25, 0.3) is 10.1 Å². The molecule has 3 rings (SSSR count). The summed E-state index contributed by atoms with van der Waals surface area (Å²) in [6, 6.07) is -1.04. The second-order valence-corrected chi connectivity index (χ2v) is 14.9. The van der Waals surface area contributed by atoms with E-state index < -0.39 is 74.2 Å². The van der Waals surface area contributed by atoms with Crippen LogP contribution in [0.2, 0.25) is 0 Å². The lowest BCUT2D eigenvalue weighted by Crippen LogP contribution is -2.44. The number of amides is 1. The van der Waals surface area contributed by atoms with E-state index in [0.29, 0.717) is 22.7 Å². The molecule has 2 aromatic rings. The lowest BCUT2D eigenvalue weighted by Gasteiger charge is -2.16. The summed E-state index contributed by atoms with van der Waals surface area (Å²) >= 11 is 0. The number of imidazole rings is 1. The normalized spacial score (nSPS) is 22.0. The molecule has 43 heavy (non-hydrogen) atoms. The molecule has 0 bridgehead atoms. The summed E-state index contributed by atoms with van der Waals surface area (Å²) in [6.07, 6.45) is 0.775. The molecule has 1 aliphatic rings. The van der Waals surface area contributed by atoms with Crippen LogP contribution in [-0.2, 0) is 45.5 Å². The zero-order valence-electron chi connectivity index (χ0n) is 22.9. The third kappa shape index (κ3) is 11.7. The first-order valence-electron chi connectivity index (χ1n) is 12.6. The van der Waals surface area contributed by atoms with Crippen LogP contribution in [0.25, 0.3) is 11.2 Å². The number of unbranched alkanes of at least 4 members (excludes halogenated alkanes) is 1. The number of fused-ring (bicyclic) bond motifs is 1. The SMILES string of the molecule is C[S+](CC[C@@H](NC(=O)CN)C(=O)O)C[C@H]1O[C@@H](n2cnc3c(N)ncnc32)[C@H](O)[C@@H]1O.O=S(=O)([O-])CCCCS(=O)(=O)O. The fourth-order valence-electron chi connectivity index (χ4n) is 3.91. The second kappa shape index (κ2) is 15.9. The van der Waals surface area contributed by atoms with Gasteiger partial charge in [-0.25, -0.2) is 28.2 Å². The quantitative estimate of drug-likeness (QED) is 0.0578. The number of aromatic nitrogens is 4. The van der Waals surface area contributed by atoms with Crippen molar-refractivity contribution in [2.75, 3.05) is 41.5 Å². The number of aliphatic hydroxyl groups excluding tert-OH is 2. The summed E-state index contributed by atoms with van der Waals surface area (Å²) in [4.78, 5) is 34.9. The summed E-state index contributed by atoms with van der Waals surface area (Å²) in [7, 11) is -8.66. The molecular formula is C21H35N7O12S3. The molecule has 22 heteroatoms. The zero-order valence-corrected chi connectivity index (χ0v) is 25.4. The Kier molecular flexibility index (Phi) is 13.5. The molecule has 1 fully saturated rings. The lowest BCUT2D eigenvalue weighted by molar-refractivity contribution is -0.141. The van der Waals surface area contributed by atoms with E-state index in [-0.39, 0.29) is 42.5 Å². The maximum atomic E-state index is 11.4. The predicted octanol–water partition coefficient (Wildman–Crippen LogP) is -3.61. The number of carboxylic acids is 1. The molecule has 0 saturated carbocycles. The van der Waals surface area contributed by atoms with Gasteiger partial charge in [0, 0.05) is 12.2 Å². The number of nitrogens with two attached hydrogens (primary N) is 2. The summed E-state index contributed by atoms with van der Waals surface area (Å²) < 4.78 is 65.7. The number of ether oxygens (including phenoxy) is 1. The van der Waals surface area contributed by atoms with Crippen molar-refractivity contribution in [2.45, 2.75) is 49.8 Å². The van der Waals surface area contributed by atoms with Gasteiger partial charge in [0.2, 0.25) is 5.91 Å². The van der Waals surface area contributed by atoms with Gasteiger partial charge < -0.3 is 41.4 Å². The number of carbonyl (C=O) groups is 2. The number of nitrogens with one attached hydrogen (secondary N) is 1. The number of rotatable bonds is 14. The zero-order chi connectivity index (χ0) is 32.5. The molecular weight excluding hydrogens is 638 g/mol. The van der Waals surface area contributed by atoms with Crippen LogP contribution in [0.15, 0.2) is 12.7 Å². The first kappa shape index (κ1) is 36.5. The van der Waals surface area contributed by atoms with E-state index in [0.717, 1.165) is 0 Å². The van der Waals surface area contributed by atoms with Gasteiger partial charge in [0.05, 0.1) is 35.0 Å². The fourth-order valence-corrected chi connectivity index (χ4v) is 6.68. The molecule has 0 aliphatic carbocycles. The molecule has 244 valence electrons. The van der Waals surface area contributed by atoms with E-state index in [9.17, 15) is 46.3 Å². The van der Waals surface area contributed by atoms with Gasteiger partial charge in [0.1, 0.15) is 47.7 Å². The minimum Gasteiger partial charge on any atom is -0.748 e. The number of carbonyl (C=O) groups excluding carboxylic acids is 1. The van der Waals surface area contributed by atoms with Crippen molar-refractivity contribution in [3.05, 3.63) is 12.7 Å². The summed E-state index contributed by atoms with van der Waals surface area (Å²) in [5.41, 5.74) is 11.7. The number of anilines is 1. The minimum absolute atomic E-state index is 0.0275. The highest BCUT2D eigenvalue weighted by Gasteiger charge is 2.46. The van der Waals surface area contributed by atoms with E-state index in [1.165, 1.54) is 17.2 Å². The molecule has 1 unspecified atom stereocenters. The predicted molar refractivity (Wildman–Crippen MR) is 152 cm³/mol. The Morgan fingerprint density at radius 2 is 1.81 bits per heavy atom. The molecule has 1 amide bonds. The van der Waals surface area contributed by atoms with Crippen molar-refractivity contribution in [1.29, 1.82) is 0 Å². The Bertz CT molecular complexity index is 1420. The molecule has 6 atom stereocenters. The molecule has 2 aromatic heterocycles. The van der Waals surface area contributed by atoms with Crippen LogP contribution in [0.5, 0.6) is 0 Å². The molecule has 3 heterocycles. The fraction of sp³-hybridized carbons (Fsp3) is 0.667. The third-order valence-corrected chi connectivity index (χ3v) is 9.49. The number of nitrogens with zero attached hydrogens (tertiary/aromatic N) is 4. The topological polar surface area (TPSA) is 323 Å². The van der Waals surface area contributed by atoms with Crippen molar-refractivity contribution in [3.63, 3.8) is 0 Å². The van der Waals surface area contributed by atoms with Crippen LogP contribution < -0.4 is 16.8 Å². The Morgan fingerprint density at radius 3 is 2.40 bits per heavy atom. The third-order valence-electron chi connectivity index (χ3n) is 6.07. The van der Waals surface area contributed by atoms with E-state index in [4.69, 9.17) is 20.8 Å². The standard InChI is InChI=1S/C17H25N7O6S.C4H10O6S2/c1-31(3-2-8(17(28)29)23-10(25)4-18)5-9-12(26)13(27)16(30-9)24-7-22-11-14(19)20-6-21-15(11)24;5-11(6,7)3-1-2-4-12(8,9)10/h6-9,12-13,16,26-27H,2-5,18H2,1H3,(H3-,19,20,21,23,25,28,29);1-4H2,(H,5,6,7)(H,8,9,10)/t8-,9-,12-,13-,16-,31?;/m1./s1. The molecule has 19 nitrogen and oxygen atoms in total. The van der Waals surface area contributed by atoms with Crippen LogP contribution in [-0.4, -0.2) is 133 Å². The van der Waals surface area contributed by atoms with E-state index in [1.807, 2.05) is 6.26 Å². The molecule has 1 aliphatic heterocycles. The van der Waals surface area contributed by atoms with Crippen LogP contribution in [0.4, 0.5) is 5.82 Å². The monoisotopic (exact) mass is 673 g/mol. The van der Waals surface area contributed by atoms with Gasteiger partial charge in [-0.05, 0) is 23.7 Å². The number of aliphatic hydroxyl groups is 2. The Morgan fingerprint density at radius 1 is 1.16 bits per heavy atom. The first-order chi connectivity index (χ1) is 19.9. The van der Waals surface area contributed by atoms with Crippen LogP contribution in [0.1, 0.15) is 25.5 Å². The average molecular weight is 674 g/mol. The Balaban J connectivity index is 0.000000455. The molecule has 9 N–H and O–H groups in total. The second-order valence-electron chi connectivity index (χ2n) is 9.49. The van der Waals surface area contributed by atoms with Crippen LogP contribution >= 0.6 is 0 Å². The molecule has 1 saturated heterocycles. The number of hydrogen-bond acceptors (Lipinski definition) is 15. The maximum Gasteiger partial charge on any atom is 0.326 e. The highest BCUT2D eigenvalue weighted by molar-refractivity contribution is 7.96. The summed E-state index contributed by atoms with van der Waals surface area (Å²) in [5, 5.41) is 32.6. The Labute approximate surface area is 249 Å². The minimum atomic E-state index is -4.27. The Hall–Kier alpha value is -2.70. The van der Waals surface area contributed by atoms with Gasteiger partial charge in [0.15, 0.2) is 17.7 Å². The number of hydrogen-bond donors (Lipinski definition) is 7. The maximum absolute atomic E-state index is 11.4. The van der Waals surface area contributed by atoms with Gasteiger partial charge in [-0.15, -0.1) is 0 Å². The van der Waals surface area contributed by atoms with Crippen LogP contribution in [0.3, 0.4) is 0 Å². The smallest absolute Gasteiger partial charge is 0.326 e. The van der Waals surface area contributed by atoms with E-state index >= 15 is 0 Å². The highest BCUT2D eigenvalue weighted by Crippen LogP contribution is 2.32. The van der Waals surface area contributed by atoms with Crippen molar-refractivity contribution in [1.82, 2.24) is 24.8 Å². The average Bonchev–Trinajstić information content (AvgIpc) is 3.45. The largest absolute Gasteiger partial charge is 0.748 e. The summed E-state index contributed by atoms with van der Waals surface area (Å²) in [5.74, 6) is -1.72. The van der Waals surface area contributed by atoms with Crippen molar-refractivity contribution in [2.24, 2.45) is 5.73 Å². The number of aliphatic carboxylic acids is 1. The van der Waals surface area contributed by atoms with Crippen molar-refractivity contribution in [3.8, 4) is 0 Å². The van der Waals surface area contributed by atoms with Gasteiger partial charge >= 0.3 is 5.97 Å².